The van der Waals surface area contributed by atoms with E-state index < -0.39 is 33.3 Å². The van der Waals surface area contributed by atoms with E-state index in [0.29, 0.717) is 15.7 Å². The molecule has 5 rings (SSSR count). The van der Waals surface area contributed by atoms with Gasteiger partial charge in [0.05, 0.1) is 41.8 Å². The van der Waals surface area contributed by atoms with Crippen molar-refractivity contribution in [2.45, 2.75) is 10.1 Å². The van der Waals surface area contributed by atoms with Gasteiger partial charge in [-0.3, -0.25) is 9.59 Å². The van der Waals surface area contributed by atoms with Gasteiger partial charge >= 0.3 is 5.97 Å². The summed E-state index contributed by atoms with van der Waals surface area (Å²) in [5.74, 6) is -2.63. The summed E-state index contributed by atoms with van der Waals surface area (Å²) in [5, 5.41) is 17.7. The molecule has 43 heavy (non-hydrogen) atoms. The summed E-state index contributed by atoms with van der Waals surface area (Å²) in [5.41, 5.74) is 0.861. The number of nitrogens with zero attached hydrogens (tertiary/aromatic N) is 1. The summed E-state index contributed by atoms with van der Waals surface area (Å²) in [6, 6.07) is 19.9. The molecule has 1 unspecified atom stereocenters. The first-order valence-electron chi connectivity index (χ1n) is 12.2. The third-order valence-corrected chi connectivity index (χ3v) is 10.6. The molecule has 0 bridgehead atoms. The fourth-order valence-corrected chi connectivity index (χ4v) is 7.54. The van der Waals surface area contributed by atoms with Gasteiger partial charge in [-0.05, 0) is 35.2 Å². The molecular weight excluding hydrogens is 692 g/mol. The van der Waals surface area contributed by atoms with E-state index in [1.165, 1.54) is 23.1 Å². The summed E-state index contributed by atoms with van der Waals surface area (Å²) in [6.07, 6.45) is 0. The van der Waals surface area contributed by atoms with Crippen molar-refractivity contribution in [2.75, 3.05) is 10.6 Å². The number of halogens is 4. The maximum Gasteiger partial charge on any atom is 0.338 e. The van der Waals surface area contributed by atoms with Gasteiger partial charge in [0.15, 0.2) is 5.13 Å². The van der Waals surface area contributed by atoms with Crippen molar-refractivity contribution < 1.29 is 19.5 Å². The lowest BCUT2D eigenvalue weighted by atomic mass is 10.1. The normalized spacial score (nSPS) is 11.6. The Kier molecular flexibility index (Phi) is 9.98. The van der Waals surface area contributed by atoms with Crippen LogP contribution in [-0.2, 0) is 4.79 Å². The largest absolute Gasteiger partial charge is 0.478 e. The standard InChI is InChI=1S/C29H17Cl4N3O4S3/c30-21-19(20(28(39)40)22(31)24(33)23(21)32)26(37)34-15-8-4-9-16(12-15)43-25(14-6-2-1-3-7-14)27(38)36-29-35-17(13-42-29)18-10-5-11-41-18/h1-13,25H,(H,34,37)(H,39,40)(H,35,36,38). The van der Waals surface area contributed by atoms with E-state index in [9.17, 15) is 19.5 Å². The minimum absolute atomic E-state index is 0.243. The van der Waals surface area contributed by atoms with E-state index in [-0.39, 0.29) is 21.0 Å². The van der Waals surface area contributed by atoms with Crippen LogP contribution in [-0.4, -0.2) is 27.9 Å². The van der Waals surface area contributed by atoms with Crippen LogP contribution < -0.4 is 10.6 Å². The number of carbonyl (C=O) groups is 3. The molecule has 14 heteroatoms. The zero-order valence-electron chi connectivity index (χ0n) is 21.4. The SMILES string of the molecule is O=C(O)c1c(Cl)c(Cl)c(Cl)c(Cl)c1C(=O)Nc1cccc(SC(C(=O)Nc2nc(-c3cccs3)cs2)c2ccccc2)c1. The van der Waals surface area contributed by atoms with Crippen molar-refractivity contribution >= 4 is 109 Å². The molecule has 0 fully saturated rings. The van der Waals surface area contributed by atoms with Crippen LogP contribution in [0.5, 0.6) is 0 Å². The van der Waals surface area contributed by atoms with E-state index >= 15 is 0 Å². The second-order valence-corrected chi connectivity index (χ2v) is 13.2. The lowest BCUT2D eigenvalue weighted by Crippen LogP contribution is -2.19. The number of nitrogens with one attached hydrogen (secondary N) is 2. The van der Waals surface area contributed by atoms with Crippen LogP contribution in [0.4, 0.5) is 10.8 Å². The number of thioether (sulfide) groups is 1. The number of hydrogen-bond acceptors (Lipinski definition) is 7. The van der Waals surface area contributed by atoms with Crippen molar-refractivity contribution in [2.24, 2.45) is 0 Å². The van der Waals surface area contributed by atoms with Gasteiger partial charge in [0.25, 0.3) is 5.91 Å². The van der Waals surface area contributed by atoms with Gasteiger partial charge in [-0.25, -0.2) is 9.78 Å². The first-order chi connectivity index (χ1) is 20.6. The monoisotopic (exact) mass is 707 g/mol. The van der Waals surface area contributed by atoms with Gasteiger partial charge in [-0.1, -0.05) is 88.9 Å². The maximum atomic E-state index is 13.6. The number of aromatic carboxylic acids is 1. The fraction of sp³-hybridized carbons (Fsp3) is 0.0345. The van der Waals surface area contributed by atoms with Crippen LogP contribution in [0.3, 0.4) is 0 Å². The number of hydrogen-bond donors (Lipinski definition) is 3. The Hall–Kier alpha value is -3.09. The summed E-state index contributed by atoms with van der Waals surface area (Å²) in [6.45, 7) is 0. The second kappa shape index (κ2) is 13.7. The molecule has 0 spiro atoms. The quantitative estimate of drug-likeness (QED) is 0.0799. The third kappa shape index (κ3) is 7.02. The molecule has 2 aromatic heterocycles. The van der Waals surface area contributed by atoms with Crippen LogP contribution in [0.15, 0.2) is 82.4 Å². The van der Waals surface area contributed by atoms with Crippen LogP contribution in [0.1, 0.15) is 31.5 Å². The lowest BCUT2D eigenvalue weighted by molar-refractivity contribution is -0.115. The zero-order valence-corrected chi connectivity index (χ0v) is 26.9. The molecule has 3 N–H and O–H groups in total. The number of amides is 2. The molecule has 1 atom stereocenters. The highest BCUT2D eigenvalue weighted by Gasteiger charge is 2.29. The molecule has 7 nitrogen and oxygen atoms in total. The fourth-order valence-electron chi connectivity index (χ4n) is 3.96. The highest BCUT2D eigenvalue weighted by atomic mass is 35.5. The van der Waals surface area contributed by atoms with Crippen molar-refractivity contribution in [3.8, 4) is 10.6 Å². The molecule has 3 aromatic carbocycles. The Morgan fingerprint density at radius 3 is 2.21 bits per heavy atom. The predicted molar refractivity (Wildman–Crippen MR) is 177 cm³/mol. The van der Waals surface area contributed by atoms with Gasteiger partial charge < -0.3 is 15.7 Å². The van der Waals surface area contributed by atoms with E-state index in [2.05, 4.69) is 15.6 Å². The van der Waals surface area contributed by atoms with Crippen molar-refractivity contribution in [3.63, 3.8) is 0 Å². The number of thiazole rings is 1. The minimum Gasteiger partial charge on any atom is -0.478 e. The maximum absolute atomic E-state index is 13.6. The van der Waals surface area contributed by atoms with Crippen molar-refractivity contribution in [3.05, 3.63) is 114 Å². The lowest BCUT2D eigenvalue weighted by Gasteiger charge is -2.17. The Morgan fingerprint density at radius 2 is 1.53 bits per heavy atom. The van der Waals surface area contributed by atoms with Gasteiger partial charge in [0.2, 0.25) is 5.91 Å². The van der Waals surface area contributed by atoms with E-state index in [0.717, 1.165) is 16.1 Å². The van der Waals surface area contributed by atoms with Gasteiger partial charge in [0.1, 0.15) is 5.25 Å². The van der Waals surface area contributed by atoms with Crippen LogP contribution >= 0.6 is 80.8 Å². The summed E-state index contributed by atoms with van der Waals surface area (Å²) in [4.78, 5) is 44.9. The number of carboxylic acids is 1. The highest BCUT2D eigenvalue weighted by molar-refractivity contribution is 8.00. The molecule has 2 amide bonds. The first-order valence-corrected chi connectivity index (χ1v) is 16.3. The van der Waals surface area contributed by atoms with E-state index in [4.69, 9.17) is 46.4 Å². The molecule has 0 saturated carbocycles. The summed E-state index contributed by atoms with van der Waals surface area (Å²) < 4.78 is 0. The smallest absolute Gasteiger partial charge is 0.338 e. The number of aromatic nitrogens is 1. The second-order valence-electron chi connectivity index (χ2n) is 8.71. The highest BCUT2D eigenvalue weighted by Crippen LogP contribution is 2.42. The van der Waals surface area contributed by atoms with Crippen LogP contribution in [0.2, 0.25) is 20.1 Å². The Morgan fingerprint density at radius 1 is 0.814 bits per heavy atom. The molecule has 0 aliphatic heterocycles. The molecule has 2 heterocycles. The van der Waals surface area contributed by atoms with Crippen molar-refractivity contribution in [1.82, 2.24) is 4.98 Å². The zero-order chi connectivity index (χ0) is 30.7. The average molecular weight is 709 g/mol. The average Bonchev–Trinajstić information content (AvgIpc) is 3.69. The molecule has 0 saturated heterocycles. The Bertz CT molecular complexity index is 1830. The first kappa shape index (κ1) is 31.3. The van der Waals surface area contributed by atoms with Crippen LogP contribution in [0.25, 0.3) is 10.6 Å². The number of carboxylic acid groups (broad SMARTS) is 1. The number of benzene rings is 3. The van der Waals surface area contributed by atoms with Crippen molar-refractivity contribution in [1.29, 1.82) is 0 Å². The summed E-state index contributed by atoms with van der Waals surface area (Å²) >= 11 is 28.6. The summed E-state index contributed by atoms with van der Waals surface area (Å²) in [7, 11) is 0. The minimum atomic E-state index is -1.50. The molecule has 0 radical (unpaired) electrons. The topological polar surface area (TPSA) is 108 Å². The molecule has 5 aromatic rings. The third-order valence-electron chi connectivity index (χ3n) is 5.90. The molecule has 0 aliphatic rings. The Labute approximate surface area is 277 Å². The molecular formula is C29H17Cl4N3O4S3. The predicted octanol–water partition coefficient (Wildman–Crippen LogP) is 9.91. The molecule has 218 valence electrons. The Balaban J connectivity index is 1.39. The van der Waals surface area contributed by atoms with Crippen LogP contribution in [0, 0.1) is 0 Å². The van der Waals surface area contributed by atoms with E-state index in [1.807, 2.05) is 53.2 Å². The molecule has 0 aliphatic carbocycles. The number of rotatable bonds is 9. The number of carbonyl (C=O) groups excluding carboxylic acids is 2. The van der Waals surface area contributed by atoms with Gasteiger partial charge in [-0.2, -0.15) is 0 Å². The van der Waals surface area contributed by atoms with E-state index in [1.54, 1.807) is 35.6 Å². The number of anilines is 2. The van der Waals surface area contributed by atoms with Gasteiger partial charge in [0, 0.05) is 16.0 Å². The van der Waals surface area contributed by atoms with Gasteiger partial charge in [-0.15, -0.1) is 34.4 Å². The number of thiophene rings is 1.